The lowest BCUT2D eigenvalue weighted by Crippen LogP contribution is -2.23. The van der Waals surface area contributed by atoms with Crippen molar-refractivity contribution in [3.05, 3.63) is 60.0 Å². The van der Waals surface area contributed by atoms with Crippen molar-refractivity contribution in [2.45, 2.75) is 17.6 Å². The number of anilines is 1. The maximum absolute atomic E-state index is 14.4. The van der Waals surface area contributed by atoms with Crippen LogP contribution in [0.2, 0.25) is 0 Å². The van der Waals surface area contributed by atoms with Gasteiger partial charge in [0.1, 0.15) is 0 Å². The van der Waals surface area contributed by atoms with Crippen molar-refractivity contribution in [3.8, 4) is 16.9 Å². The molecule has 178 valence electrons. The van der Waals surface area contributed by atoms with E-state index < -0.39 is 39.1 Å². The lowest BCUT2D eigenvalue weighted by molar-refractivity contribution is -0.143. The Morgan fingerprint density at radius 1 is 1.12 bits per heavy atom. The molecule has 0 atom stereocenters. The van der Waals surface area contributed by atoms with Crippen LogP contribution in [0.1, 0.15) is 5.69 Å². The fourth-order valence-electron chi connectivity index (χ4n) is 3.16. The Morgan fingerprint density at radius 3 is 2.33 bits per heavy atom. The van der Waals surface area contributed by atoms with Gasteiger partial charge in [0.25, 0.3) is 10.0 Å². The van der Waals surface area contributed by atoms with Crippen molar-refractivity contribution in [1.29, 1.82) is 0 Å². The molecule has 7 nitrogen and oxygen atoms in total. The third-order valence-corrected chi connectivity index (χ3v) is 6.06. The minimum atomic E-state index is -4.90. The van der Waals surface area contributed by atoms with Crippen LogP contribution in [0.4, 0.5) is 23.4 Å². The zero-order valence-corrected chi connectivity index (χ0v) is 18.8. The quantitative estimate of drug-likeness (QED) is 0.486. The summed E-state index contributed by atoms with van der Waals surface area (Å²) in [5, 5.41) is 3.93. The number of sulfonamides is 1. The number of aromatic nitrogens is 2. The van der Waals surface area contributed by atoms with E-state index in [0.717, 1.165) is 12.1 Å². The molecule has 0 fully saturated rings. The highest BCUT2D eigenvalue weighted by Gasteiger charge is 2.41. The highest BCUT2D eigenvalue weighted by Crippen LogP contribution is 2.42. The number of benzene rings is 2. The summed E-state index contributed by atoms with van der Waals surface area (Å²) >= 11 is 0. The van der Waals surface area contributed by atoms with Crippen molar-refractivity contribution in [2.24, 2.45) is 0 Å². The Balaban J connectivity index is 2.24. The Morgan fingerprint density at radius 2 is 1.79 bits per heavy atom. The van der Waals surface area contributed by atoms with Gasteiger partial charge in [-0.3, -0.25) is 9.40 Å². The van der Waals surface area contributed by atoms with Gasteiger partial charge in [-0.25, -0.2) is 12.8 Å². The van der Waals surface area contributed by atoms with Gasteiger partial charge in [-0.1, -0.05) is 24.3 Å². The third kappa shape index (κ3) is 5.45. The van der Waals surface area contributed by atoms with E-state index in [2.05, 4.69) is 9.82 Å². The summed E-state index contributed by atoms with van der Waals surface area (Å²) in [6.45, 7) is 0.0204. The average molecular weight is 486 g/mol. The van der Waals surface area contributed by atoms with Gasteiger partial charge >= 0.3 is 6.18 Å². The Kier molecular flexibility index (Phi) is 6.98. The van der Waals surface area contributed by atoms with E-state index in [0.29, 0.717) is 4.68 Å². The molecule has 0 amide bonds. The molecule has 1 N–H and O–H groups in total. The van der Waals surface area contributed by atoms with Crippen molar-refractivity contribution in [2.75, 3.05) is 32.5 Å². The van der Waals surface area contributed by atoms with Gasteiger partial charge < -0.3 is 9.64 Å². The number of hydrogen-bond donors (Lipinski definition) is 1. The Labute approximate surface area is 188 Å². The van der Waals surface area contributed by atoms with Gasteiger partial charge in [-0.05, 0) is 43.9 Å². The van der Waals surface area contributed by atoms with E-state index >= 15 is 0 Å². The second-order valence-corrected chi connectivity index (χ2v) is 9.05. The molecule has 1 aromatic heterocycles. The second kappa shape index (κ2) is 9.40. The molecule has 1 heterocycles. The normalized spacial score (nSPS) is 12.2. The fraction of sp³-hybridized carbons (Fsp3) is 0.286. The number of nitrogens with one attached hydrogen (secondary N) is 1. The fourth-order valence-corrected chi connectivity index (χ4v) is 4.19. The van der Waals surface area contributed by atoms with Crippen molar-refractivity contribution in [3.63, 3.8) is 0 Å². The molecule has 2 aromatic carbocycles. The first-order valence-corrected chi connectivity index (χ1v) is 11.2. The standard InChI is InChI=1S/C21H22F4N4O3S/c1-28(2)11-12-29-19(21(23,24)25)18(14-9-10-17(32-3)16(22)13-14)20(26-29)27-33(30,31)15-7-5-4-6-8-15/h4-10,13H,11-12H2,1-3H3,(H,26,27). The molecule has 0 saturated carbocycles. The van der Waals surface area contributed by atoms with Crippen LogP contribution in [0.25, 0.3) is 11.1 Å². The number of nitrogens with zero attached hydrogens (tertiary/aromatic N) is 3. The molecule has 0 aliphatic heterocycles. The lowest BCUT2D eigenvalue weighted by atomic mass is 10.0. The summed E-state index contributed by atoms with van der Waals surface area (Å²) in [6, 6.07) is 10.4. The molecule has 12 heteroatoms. The molecule has 33 heavy (non-hydrogen) atoms. The molecule has 0 spiro atoms. The Bertz CT molecular complexity index is 1230. The highest BCUT2D eigenvalue weighted by atomic mass is 32.2. The molecule has 3 rings (SSSR count). The predicted octanol–water partition coefficient (Wildman–Crippen LogP) is 4.08. The molecule has 0 saturated heterocycles. The minimum Gasteiger partial charge on any atom is -0.494 e. The zero-order chi connectivity index (χ0) is 24.4. The van der Waals surface area contributed by atoms with Crippen LogP contribution in [-0.4, -0.2) is 50.8 Å². The summed E-state index contributed by atoms with van der Waals surface area (Å²) in [5.41, 5.74) is -1.98. The van der Waals surface area contributed by atoms with E-state index in [1.54, 1.807) is 25.1 Å². The number of alkyl halides is 3. The second-order valence-electron chi connectivity index (χ2n) is 7.36. The molecule has 3 aromatic rings. The SMILES string of the molecule is COc1ccc(-c2c(NS(=O)(=O)c3ccccc3)nn(CCN(C)C)c2C(F)(F)F)cc1F. The van der Waals surface area contributed by atoms with E-state index in [4.69, 9.17) is 4.74 Å². The molecule has 0 bridgehead atoms. The molecule has 0 aliphatic rings. The van der Waals surface area contributed by atoms with Crippen molar-refractivity contribution >= 4 is 15.8 Å². The molecule has 0 aliphatic carbocycles. The minimum absolute atomic E-state index is 0.159. The van der Waals surface area contributed by atoms with Crippen molar-refractivity contribution in [1.82, 2.24) is 14.7 Å². The highest BCUT2D eigenvalue weighted by molar-refractivity contribution is 7.92. The van der Waals surface area contributed by atoms with Crippen LogP contribution in [0.3, 0.4) is 0 Å². The van der Waals surface area contributed by atoms with Gasteiger partial charge in [0.05, 0.1) is 24.1 Å². The van der Waals surface area contributed by atoms with Gasteiger partial charge in [-0.15, -0.1) is 0 Å². The smallest absolute Gasteiger partial charge is 0.433 e. The molecular weight excluding hydrogens is 464 g/mol. The number of rotatable bonds is 8. The van der Waals surface area contributed by atoms with Gasteiger partial charge in [-0.2, -0.15) is 18.3 Å². The first-order chi connectivity index (χ1) is 15.4. The summed E-state index contributed by atoms with van der Waals surface area (Å²) in [4.78, 5) is 1.50. The maximum Gasteiger partial charge on any atom is 0.433 e. The average Bonchev–Trinajstić information content (AvgIpc) is 3.10. The van der Waals surface area contributed by atoms with Crippen molar-refractivity contribution < 1.29 is 30.7 Å². The first-order valence-electron chi connectivity index (χ1n) is 9.68. The van der Waals surface area contributed by atoms with Gasteiger partial charge in [0, 0.05) is 6.54 Å². The zero-order valence-electron chi connectivity index (χ0n) is 18.0. The van der Waals surface area contributed by atoms with Crippen LogP contribution in [0, 0.1) is 5.82 Å². The largest absolute Gasteiger partial charge is 0.494 e. The van der Waals surface area contributed by atoms with Gasteiger partial charge in [0.2, 0.25) is 0 Å². The van der Waals surface area contributed by atoms with Crippen LogP contribution in [0.5, 0.6) is 5.75 Å². The summed E-state index contributed by atoms with van der Waals surface area (Å²) < 4.78 is 90.2. The maximum atomic E-state index is 14.4. The molecule has 0 unspecified atom stereocenters. The van der Waals surface area contributed by atoms with E-state index in [9.17, 15) is 26.0 Å². The number of halogens is 4. The third-order valence-electron chi connectivity index (χ3n) is 4.70. The Hall–Kier alpha value is -3.12. The van der Waals surface area contributed by atoms with E-state index in [1.165, 1.54) is 37.4 Å². The van der Waals surface area contributed by atoms with E-state index in [1.807, 2.05) is 0 Å². The number of ether oxygens (including phenoxy) is 1. The summed E-state index contributed by atoms with van der Waals surface area (Å²) in [7, 11) is 0.303. The monoisotopic (exact) mass is 486 g/mol. The van der Waals surface area contributed by atoms with E-state index in [-0.39, 0.29) is 29.3 Å². The predicted molar refractivity (Wildman–Crippen MR) is 115 cm³/mol. The summed E-state index contributed by atoms with van der Waals surface area (Å²) in [6.07, 6.45) is -4.90. The van der Waals surface area contributed by atoms with Crippen LogP contribution >= 0.6 is 0 Å². The van der Waals surface area contributed by atoms with Crippen LogP contribution < -0.4 is 9.46 Å². The number of hydrogen-bond acceptors (Lipinski definition) is 5. The topological polar surface area (TPSA) is 76.5 Å². The number of likely N-dealkylation sites (N-methyl/N-ethyl adjacent to an activating group) is 1. The molecule has 0 radical (unpaired) electrons. The first kappa shape index (κ1) is 24.5. The van der Waals surface area contributed by atoms with Gasteiger partial charge in [0.15, 0.2) is 23.1 Å². The molecular formula is C21H22F4N4O3S. The summed E-state index contributed by atoms with van der Waals surface area (Å²) in [5.74, 6) is -1.63. The lowest BCUT2D eigenvalue weighted by Gasteiger charge is -2.15. The number of methoxy groups -OCH3 is 1. The van der Waals surface area contributed by atoms with Crippen LogP contribution in [0.15, 0.2) is 53.4 Å². The van der Waals surface area contributed by atoms with Crippen LogP contribution in [-0.2, 0) is 22.7 Å².